The second-order valence-electron chi connectivity index (χ2n) is 3.31. The van der Waals surface area contributed by atoms with Gasteiger partial charge in [0, 0.05) is 9.51 Å². The van der Waals surface area contributed by atoms with E-state index < -0.39 is 0 Å². The van der Waals surface area contributed by atoms with Crippen LogP contribution in [0.25, 0.3) is 0 Å². The number of hydrogen-bond acceptors (Lipinski definition) is 1. The lowest BCUT2D eigenvalue weighted by Crippen LogP contribution is -2.03. The summed E-state index contributed by atoms with van der Waals surface area (Å²) in [6.07, 6.45) is 0. The highest BCUT2D eigenvalue weighted by Crippen LogP contribution is 2.27. The summed E-state index contributed by atoms with van der Waals surface area (Å²) < 4.78 is 1.06. The van der Waals surface area contributed by atoms with Crippen molar-refractivity contribution < 1.29 is 0 Å². The van der Waals surface area contributed by atoms with Gasteiger partial charge in [-0.1, -0.05) is 24.2 Å². The Hall–Kier alpha value is -0.470. The summed E-state index contributed by atoms with van der Waals surface area (Å²) in [6, 6.07) is 4.20. The molecule has 0 aliphatic rings. The van der Waals surface area contributed by atoms with E-state index >= 15 is 0 Å². The minimum atomic E-state index is 0.587. The molecule has 0 saturated heterocycles. The van der Waals surface area contributed by atoms with E-state index in [0.717, 1.165) is 10.2 Å². The van der Waals surface area contributed by atoms with Crippen molar-refractivity contribution in [2.24, 2.45) is 0 Å². The van der Waals surface area contributed by atoms with Gasteiger partial charge < -0.3 is 5.32 Å². The van der Waals surface area contributed by atoms with E-state index in [1.165, 1.54) is 11.1 Å². The maximum Gasteiger partial charge on any atom is 0.0517 e. The van der Waals surface area contributed by atoms with Gasteiger partial charge >= 0.3 is 0 Å². The first-order valence-electron chi connectivity index (χ1n) is 4.34. The lowest BCUT2D eigenvalue weighted by atomic mass is 10.1. The third-order valence-corrected chi connectivity index (χ3v) is 2.65. The fourth-order valence-corrected chi connectivity index (χ4v) is 2.20. The monoisotopic (exact) mass is 273 g/mol. The molecule has 0 bridgehead atoms. The Kier molecular flexibility index (Phi) is 4.02. The molecule has 76 valence electrons. The van der Waals surface area contributed by atoms with Crippen LogP contribution in [0.4, 0.5) is 5.69 Å². The smallest absolute Gasteiger partial charge is 0.0517 e. The summed E-state index contributed by atoms with van der Waals surface area (Å²) in [4.78, 5) is 0. The molecule has 0 aliphatic carbocycles. The zero-order chi connectivity index (χ0) is 10.7. The maximum absolute atomic E-state index is 5.69. The molecule has 0 amide bonds. The van der Waals surface area contributed by atoms with Crippen molar-refractivity contribution in [2.75, 3.05) is 11.9 Å². The Morgan fingerprint density at radius 3 is 2.64 bits per heavy atom. The molecule has 0 fully saturated rings. The van der Waals surface area contributed by atoms with E-state index in [4.69, 9.17) is 11.6 Å². The number of benzene rings is 1. The van der Waals surface area contributed by atoms with Gasteiger partial charge in [0.15, 0.2) is 0 Å². The molecule has 1 rings (SSSR count). The summed E-state index contributed by atoms with van der Waals surface area (Å²) in [7, 11) is 0. The van der Waals surface area contributed by atoms with Crippen molar-refractivity contribution in [1.29, 1.82) is 0 Å². The lowest BCUT2D eigenvalue weighted by molar-refractivity contribution is 1.26. The van der Waals surface area contributed by atoms with E-state index in [-0.39, 0.29) is 0 Å². The third-order valence-electron chi connectivity index (χ3n) is 1.89. The Bertz CT molecular complexity index is 337. The second-order valence-corrected chi connectivity index (χ2v) is 4.70. The van der Waals surface area contributed by atoms with Gasteiger partial charge in [0.25, 0.3) is 0 Å². The van der Waals surface area contributed by atoms with Crippen molar-refractivity contribution in [1.82, 2.24) is 0 Å². The number of aryl methyl sites for hydroxylation is 2. The number of halogens is 2. The first kappa shape index (κ1) is 11.6. The molecule has 0 saturated carbocycles. The molecule has 0 aliphatic heterocycles. The van der Waals surface area contributed by atoms with Crippen LogP contribution in [0.2, 0.25) is 0 Å². The van der Waals surface area contributed by atoms with Crippen molar-refractivity contribution >= 4 is 33.2 Å². The molecule has 0 aromatic heterocycles. The molecule has 3 heteroatoms. The van der Waals surface area contributed by atoms with Gasteiger partial charge in [-0.05, 0) is 47.0 Å². The van der Waals surface area contributed by atoms with Crippen LogP contribution in [0.15, 0.2) is 28.2 Å². The minimum Gasteiger partial charge on any atom is -0.379 e. The van der Waals surface area contributed by atoms with Gasteiger partial charge in [0.05, 0.1) is 12.2 Å². The molecule has 1 nitrogen and oxygen atoms in total. The summed E-state index contributed by atoms with van der Waals surface area (Å²) in [6.45, 7) is 8.36. The summed E-state index contributed by atoms with van der Waals surface area (Å²) in [5, 5.41) is 3.84. The van der Waals surface area contributed by atoms with E-state index in [1.807, 2.05) is 0 Å². The van der Waals surface area contributed by atoms with Crippen molar-refractivity contribution in [2.45, 2.75) is 13.8 Å². The summed E-state index contributed by atoms with van der Waals surface area (Å²) in [5.41, 5.74) is 3.52. The first-order chi connectivity index (χ1) is 6.50. The molecule has 0 spiro atoms. The maximum atomic E-state index is 5.69. The molecule has 14 heavy (non-hydrogen) atoms. The fourth-order valence-electron chi connectivity index (χ4n) is 1.32. The SMILES string of the molecule is C=C(Cl)CNc1c(C)cc(C)cc1Br. The standard InChI is InChI=1S/C11H13BrClN/c1-7-4-8(2)11(10(12)5-7)14-6-9(3)13/h4-5,14H,3,6H2,1-2H3. The predicted octanol–water partition coefficient (Wildman–Crippen LogP) is 4.23. The van der Waals surface area contributed by atoms with Crippen LogP contribution in [0.5, 0.6) is 0 Å². The molecule has 0 radical (unpaired) electrons. The van der Waals surface area contributed by atoms with Crippen LogP contribution >= 0.6 is 27.5 Å². The summed E-state index contributed by atoms with van der Waals surface area (Å²) in [5.74, 6) is 0. The van der Waals surface area contributed by atoms with Crippen molar-refractivity contribution in [3.63, 3.8) is 0 Å². The Balaban J connectivity index is 2.91. The zero-order valence-corrected chi connectivity index (χ0v) is 10.7. The predicted molar refractivity (Wildman–Crippen MR) is 67.1 cm³/mol. The van der Waals surface area contributed by atoms with E-state index in [0.29, 0.717) is 11.6 Å². The molecule has 1 N–H and O–H groups in total. The highest BCUT2D eigenvalue weighted by molar-refractivity contribution is 9.10. The van der Waals surface area contributed by atoms with Gasteiger partial charge in [0.1, 0.15) is 0 Å². The first-order valence-corrected chi connectivity index (χ1v) is 5.51. The normalized spacial score (nSPS) is 10.0. The average Bonchev–Trinajstić information content (AvgIpc) is 2.01. The third kappa shape index (κ3) is 3.03. The van der Waals surface area contributed by atoms with Crippen LogP contribution in [0.3, 0.4) is 0 Å². The zero-order valence-electron chi connectivity index (χ0n) is 8.32. The van der Waals surface area contributed by atoms with Gasteiger partial charge in [-0.25, -0.2) is 0 Å². The molecule has 1 aromatic rings. The number of hydrogen-bond donors (Lipinski definition) is 1. The van der Waals surface area contributed by atoms with Crippen LogP contribution < -0.4 is 5.32 Å². The molecular formula is C11H13BrClN. The van der Waals surface area contributed by atoms with Crippen molar-refractivity contribution in [3.8, 4) is 0 Å². The van der Waals surface area contributed by atoms with Gasteiger partial charge in [-0.3, -0.25) is 0 Å². The number of nitrogens with one attached hydrogen (secondary N) is 1. The quantitative estimate of drug-likeness (QED) is 0.870. The Morgan fingerprint density at radius 2 is 2.14 bits per heavy atom. The lowest BCUT2D eigenvalue weighted by Gasteiger charge is -2.11. The van der Waals surface area contributed by atoms with Crippen molar-refractivity contribution in [3.05, 3.63) is 39.3 Å². The van der Waals surface area contributed by atoms with E-state index in [2.05, 4.69) is 53.8 Å². The molecule has 0 atom stereocenters. The fraction of sp³-hybridized carbons (Fsp3) is 0.273. The highest BCUT2D eigenvalue weighted by Gasteiger charge is 2.03. The largest absolute Gasteiger partial charge is 0.379 e. The molecular weight excluding hydrogens is 261 g/mol. The molecule has 0 unspecified atom stereocenters. The topological polar surface area (TPSA) is 12.0 Å². The number of anilines is 1. The Labute approximate surface area is 98.3 Å². The van der Waals surface area contributed by atoms with Crippen LogP contribution in [0.1, 0.15) is 11.1 Å². The minimum absolute atomic E-state index is 0.587. The van der Waals surface area contributed by atoms with Crippen LogP contribution in [0, 0.1) is 13.8 Å². The molecule has 0 heterocycles. The van der Waals surface area contributed by atoms with Gasteiger partial charge in [-0.15, -0.1) is 0 Å². The summed E-state index contributed by atoms with van der Waals surface area (Å²) >= 11 is 9.20. The number of rotatable bonds is 3. The van der Waals surface area contributed by atoms with Crippen LogP contribution in [-0.4, -0.2) is 6.54 Å². The van der Waals surface area contributed by atoms with Gasteiger partial charge in [-0.2, -0.15) is 0 Å². The molecule has 1 aromatic carbocycles. The highest BCUT2D eigenvalue weighted by atomic mass is 79.9. The average molecular weight is 275 g/mol. The van der Waals surface area contributed by atoms with Gasteiger partial charge in [0.2, 0.25) is 0 Å². The Morgan fingerprint density at radius 1 is 1.50 bits per heavy atom. The van der Waals surface area contributed by atoms with E-state index in [9.17, 15) is 0 Å². The van der Waals surface area contributed by atoms with Crippen LogP contribution in [-0.2, 0) is 0 Å². The second kappa shape index (κ2) is 4.85. The van der Waals surface area contributed by atoms with E-state index in [1.54, 1.807) is 0 Å².